The number of aromatic nitrogens is 2. The standard InChI is InChI=1S/C19H20N4O3S/c1-3-9-27-19-22-16-15(18(26)23-19)13(10-14(24)21-16)17(25)20-12-7-5-11(4-2)6-8-12/h3,5-8,13H,1,4,9-10H2,2H3,(H,20,25)(H2,21,22,23,24,26)/t13-/m0/s1. The molecule has 140 valence electrons. The number of fused-ring (bicyclic) bond motifs is 1. The lowest BCUT2D eigenvalue weighted by Crippen LogP contribution is -2.36. The van der Waals surface area contributed by atoms with Crippen molar-refractivity contribution >= 4 is 35.1 Å². The molecule has 0 bridgehead atoms. The maximum absolute atomic E-state index is 12.7. The fourth-order valence-electron chi connectivity index (χ4n) is 2.83. The number of rotatable bonds is 6. The third-order valence-corrected chi connectivity index (χ3v) is 5.08. The smallest absolute Gasteiger partial charge is 0.257 e. The number of thioether (sulfide) groups is 1. The van der Waals surface area contributed by atoms with Crippen molar-refractivity contribution in [2.75, 3.05) is 16.4 Å². The normalized spacial score (nSPS) is 15.6. The van der Waals surface area contributed by atoms with Gasteiger partial charge in [-0.3, -0.25) is 14.4 Å². The first-order valence-corrected chi connectivity index (χ1v) is 9.58. The first-order valence-electron chi connectivity index (χ1n) is 8.59. The van der Waals surface area contributed by atoms with Crippen LogP contribution in [-0.4, -0.2) is 27.5 Å². The summed E-state index contributed by atoms with van der Waals surface area (Å²) in [7, 11) is 0. The first-order chi connectivity index (χ1) is 13.0. The fourth-order valence-corrected chi connectivity index (χ4v) is 3.43. The van der Waals surface area contributed by atoms with Crippen molar-refractivity contribution in [3.8, 4) is 0 Å². The Labute approximate surface area is 160 Å². The summed E-state index contributed by atoms with van der Waals surface area (Å²) in [4.78, 5) is 44.3. The van der Waals surface area contributed by atoms with Crippen molar-refractivity contribution in [1.82, 2.24) is 9.97 Å². The van der Waals surface area contributed by atoms with Crippen LogP contribution in [0.5, 0.6) is 0 Å². The van der Waals surface area contributed by atoms with Crippen molar-refractivity contribution < 1.29 is 9.59 Å². The van der Waals surface area contributed by atoms with Gasteiger partial charge in [0.2, 0.25) is 11.8 Å². The molecule has 3 rings (SSSR count). The molecule has 1 aliphatic rings. The Hall–Kier alpha value is -2.87. The number of nitrogens with zero attached hydrogens (tertiary/aromatic N) is 1. The highest BCUT2D eigenvalue weighted by molar-refractivity contribution is 7.99. The van der Waals surface area contributed by atoms with Crippen molar-refractivity contribution in [3.05, 3.63) is 58.4 Å². The summed E-state index contributed by atoms with van der Waals surface area (Å²) >= 11 is 1.29. The highest BCUT2D eigenvalue weighted by atomic mass is 32.2. The number of amides is 2. The van der Waals surface area contributed by atoms with Gasteiger partial charge in [0.25, 0.3) is 5.56 Å². The van der Waals surface area contributed by atoms with Crippen LogP contribution < -0.4 is 16.2 Å². The maximum Gasteiger partial charge on any atom is 0.257 e. The second kappa shape index (κ2) is 8.22. The van der Waals surface area contributed by atoms with Crippen molar-refractivity contribution in [3.63, 3.8) is 0 Å². The summed E-state index contributed by atoms with van der Waals surface area (Å²) in [6, 6.07) is 7.46. The molecule has 0 saturated carbocycles. The average molecular weight is 384 g/mol. The average Bonchev–Trinajstić information content (AvgIpc) is 2.66. The molecule has 0 radical (unpaired) electrons. The molecular formula is C19H20N4O3S. The summed E-state index contributed by atoms with van der Waals surface area (Å²) in [5.74, 6) is -0.943. The van der Waals surface area contributed by atoms with E-state index in [1.54, 1.807) is 18.2 Å². The molecule has 1 aliphatic heterocycles. The molecule has 1 aromatic heterocycles. The van der Waals surface area contributed by atoms with E-state index in [0.717, 1.165) is 12.0 Å². The molecule has 0 spiro atoms. The second-order valence-electron chi connectivity index (χ2n) is 6.08. The van der Waals surface area contributed by atoms with E-state index in [0.29, 0.717) is 16.6 Å². The minimum Gasteiger partial charge on any atom is -0.326 e. The van der Waals surface area contributed by atoms with Gasteiger partial charge in [0.05, 0.1) is 11.5 Å². The van der Waals surface area contributed by atoms with Crippen LogP contribution in [0.4, 0.5) is 11.5 Å². The Morgan fingerprint density at radius 3 is 2.78 bits per heavy atom. The number of hydrogen-bond donors (Lipinski definition) is 3. The number of aryl methyl sites for hydroxylation is 1. The van der Waals surface area contributed by atoms with Crippen molar-refractivity contribution in [2.24, 2.45) is 0 Å². The third kappa shape index (κ3) is 4.28. The van der Waals surface area contributed by atoms with Gasteiger partial charge in [-0.1, -0.05) is 36.9 Å². The summed E-state index contributed by atoms with van der Waals surface area (Å²) in [5, 5.41) is 5.75. The van der Waals surface area contributed by atoms with E-state index >= 15 is 0 Å². The molecule has 0 saturated heterocycles. The van der Waals surface area contributed by atoms with Crippen LogP contribution in [0.2, 0.25) is 0 Å². The molecule has 7 nitrogen and oxygen atoms in total. The van der Waals surface area contributed by atoms with Gasteiger partial charge >= 0.3 is 0 Å². The fraction of sp³-hybridized carbons (Fsp3) is 0.263. The van der Waals surface area contributed by atoms with Crippen molar-refractivity contribution in [1.29, 1.82) is 0 Å². The van der Waals surface area contributed by atoms with Crippen LogP contribution in [0.3, 0.4) is 0 Å². The van der Waals surface area contributed by atoms with Crippen LogP contribution >= 0.6 is 11.8 Å². The van der Waals surface area contributed by atoms with Gasteiger partial charge in [-0.25, -0.2) is 4.98 Å². The van der Waals surface area contributed by atoms with Crippen molar-refractivity contribution in [2.45, 2.75) is 30.8 Å². The predicted molar refractivity (Wildman–Crippen MR) is 106 cm³/mol. The topological polar surface area (TPSA) is 104 Å². The number of hydrogen-bond acceptors (Lipinski definition) is 5. The SMILES string of the molecule is C=CCSc1nc2c(c(=O)[nH]1)[C@@H](C(=O)Nc1ccc(CC)cc1)CC(=O)N2. The zero-order valence-electron chi connectivity index (χ0n) is 14.9. The van der Waals surface area contributed by atoms with Crippen LogP contribution in [0.1, 0.15) is 30.4 Å². The number of benzene rings is 1. The Morgan fingerprint density at radius 1 is 1.37 bits per heavy atom. The van der Waals surface area contributed by atoms with Gasteiger partial charge in [-0.15, -0.1) is 6.58 Å². The van der Waals surface area contributed by atoms with E-state index in [4.69, 9.17) is 0 Å². The molecule has 8 heteroatoms. The Kier molecular flexibility index (Phi) is 5.75. The monoisotopic (exact) mass is 384 g/mol. The van der Waals surface area contributed by atoms with E-state index in [9.17, 15) is 14.4 Å². The van der Waals surface area contributed by atoms with E-state index in [2.05, 4.69) is 27.2 Å². The quantitative estimate of drug-likeness (QED) is 0.404. The van der Waals surface area contributed by atoms with Gasteiger partial charge in [0, 0.05) is 17.9 Å². The highest BCUT2D eigenvalue weighted by Gasteiger charge is 2.34. The molecule has 2 aromatic rings. The molecule has 0 aliphatic carbocycles. The van der Waals surface area contributed by atoms with Crippen LogP contribution in [0.25, 0.3) is 0 Å². The Bertz CT molecular complexity index is 937. The molecule has 1 aromatic carbocycles. The lowest BCUT2D eigenvalue weighted by atomic mass is 9.92. The van der Waals surface area contributed by atoms with E-state index in [1.807, 2.05) is 19.1 Å². The molecule has 3 N–H and O–H groups in total. The molecule has 0 fully saturated rings. The first kappa shape index (κ1) is 18.9. The van der Waals surface area contributed by atoms with Gasteiger partial charge < -0.3 is 15.6 Å². The van der Waals surface area contributed by atoms with E-state index in [1.165, 1.54) is 11.8 Å². The second-order valence-corrected chi connectivity index (χ2v) is 7.09. The zero-order valence-corrected chi connectivity index (χ0v) is 15.7. The lowest BCUT2D eigenvalue weighted by molar-refractivity contribution is -0.123. The summed E-state index contributed by atoms with van der Waals surface area (Å²) in [5.41, 5.74) is 1.53. The summed E-state index contributed by atoms with van der Waals surface area (Å²) < 4.78 is 0. The molecule has 0 unspecified atom stereocenters. The van der Waals surface area contributed by atoms with Gasteiger partial charge in [-0.05, 0) is 24.1 Å². The van der Waals surface area contributed by atoms with Crippen LogP contribution in [-0.2, 0) is 16.0 Å². The van der Waals surface area contributed by atoms with Crippen LogP contribution in [0.15, 0.2) is 46.9 Å². The number of carbonyl (C=O) groups excluding carboxylic acids is 2. The number of nitrogens with one attached hydrogen (secondary N) is 3. The zero-order chi connectivity index (χ0) is 19.4. The number of H-pyrrole nitrogens is 1. The minimum absolute atomic E-state index is 0.101. The predicted octanol–water partition coefficient (Wildman–Crippen LogP) is 2.67. The van der Waals surface area contributed by atoms with Gasteiger partial charge in [0.15, 0.2) is 5.16 Å². The molecule has 1 atom stereocenters. The van der Waals surface area contributed by atoms with Gasteiger partial charge in [0.1, 0.15) is 5.82 Å². The molecule has 2 amide bonds. The largest absolute Gasteiger partial charge is 0.326 e. The third-order valence-electron chi connectivity index (χ3n) is 4.21. The number of aromatic amines is 1. The Morgan fingerprint density at radius 2 is 2.11 bits per heavy atom. The van der Waals surface area contributed by atoms with E-state index in [-0.39, 0.29) is 23.7 Å². The lowest BCUT2D eigenvalue weighted by Gasteiger charge is -2.23. The van der Waals surface area contributed by atoms with Crippen LogP contribution in [0, 0.1) is 0 Å². The maximum atomic E-state index is 12.7. The Balaban J connectivity index is 1.88. The summed E-state index contributed by atoms with van der Waals surface area (Å²) in [6.07, 6.45) is 2.48. The molecule has 27 heavy (non-hydrogen) atoms. The summed E-state index contributed by atoms with van der Waals surface area (Å²) in [6.45, 7) is 5.67. The number of carbonyl (C=O) groups is 2. The molecular weight excluding hydrogens is 364 g/mol. The number of anilines is 2. The van der Waals surface area contributed by atoms with E-state index < -0.39 is 17.4 Å². The minimum atomic E-state index is -0.894. The van der Waals surface area contributed by atoms with Gasteiger partial charge in [-0.2, -0.15) is 0 Å². The highest BCUT2D eigenvalue weighted by Crippen LogP contribution is 2.30. The molecule has 2 heterocycles.